The minimum atomic E-state index is 0.261. The summed E-state index contributed by atoms with van der Waals surface area (Å²) in [5.41, 5.74) is 0.795. The van der Waals surface area contributed by atoms with Gasteiger partial charge in [0.15, 0.2) is 11.4 Å². The minimum Gasteiger partial charge on any atom is -0.490 e. The maximum Gasteiger partial charge on any atom is 0.183 e. The lowest BCUT2D eigenvalue weighted by Gasteiger charge is -2.15. The Balaban J connectivity index is 2.73. The number of amidine groups is 1. The lowest BCUT2D eigenvalue weighted by molar-refractivity contribution is 0.193. The van der Waals surface area contributed by atoms with Crippen LogP contribution in [0.5, 0.6) is 5.75 Å². The number of thioether (sulfide) groups is 1. The second kappa shape index (κ2) is 8.44. The number of hydrogen-bond acceptors (Lipinski definition) is 4. The topological polar surface area (TPSA) is 57.4 Å². The summed E-state index contributed by atoms with van der Waals surface area (Å²) in [4.78, 5) is 4.32. The number of nitriles is 1. The Labute approximate surface area is 118 Å². The van der Waals surface area contributed by atoms with Gasteiger partial charge in [-0.1, -0.05) is 25.6 Å². The molecule has 4 nitrogen and oxygen atoms in total. The van der Waals surface area contributed by atoms with Crippen LogP contribution in [-0.4, -0.2) is 17.5 Å². The first-order valence-electron chi connectivity index (χ1n) is 6.28. The smallest absolute Gasteiger partial charge is 0.183 e. The number of hydrogen-bond donors (Lipinski definition) is 1. The van der Waals surface area contributed by atoms with E-state index in [2.05, 4.69) is 24.2 Å². The first-order valence-corrected chi connectivity index (χ1v) is 7.50. The van der Waals surface area contributed by atoms with Crippen molar-refractivity contribution in [1.82, 2.24) is 5.32 Å². The van der Waals surface area contributed by atoms with Crippen molar-refractivity contribution in [2.24, 2.45) is 4.99 Å². The molecule has 0 aliphatic carbocycles. The summed E-state index contributed by atoms with van der Waals surface area (Å²) in [7, 11) is 0. The quantitative estimate of drug-likeness (QED) is 0.386. The molecule has 1 aromatic rings. The van der Waals surface area contributed by atoms with Crippen LogP contribution in [-0.2, 0) is 0 Å². The van der Waals surface area contributed by atoms with Gasteiger partial charge in [-0.15, -0.1) is 0 Å². The van der Waals surface area contributed by atoms with Crippen LogP contribution in [0.1, 0.15) is 26.7 Å². The lowest BCUT2D eigenvalue weighted by atomic mass is 10.2. The standard InChI is InChI=1S/C14H19N3OS/c1-4-12(5-2)18-13-8-6-11(7-9-13)17-14(19-3)16-10-15/h6-9,12H,4-5H2,1-3H3,(H,16,17). The largest absolute Gasteiger partial charge is 0.490 e. The average molecular weight is 277 g/mol. The zero-order valence-corrected chi connectivity index (χ0v) is 12.3. The molecule has 0 radical (unpaired) electrons. The van der Waals surface area contributed by atoms with E-state index in [1.807, 2.05) is 36.7 Å². The molecule has 0 amide bonds. The molecule has 0 saturated carbocycles. The van der Waals surface area contributed by atoms with Gasteiger partial charge in [0, 0.05) is 0 Å². The van der Waals surface area contributed by atoms with Gasteiger partial charge in [-0.2, -0.15) is 5.26 Å². The monoisotopic (exact) mass is 277 g/mol. The Kier molecular flexibility index (Phi) is 6.83. The molecule has 102 valence electrons. The van der Waals surface area contributed by atoms with Crippen molar-refractivity contribution in [2.45, 2.75) is 32.8 Å². The molecule has 1 rings (SSSR count). The number of aliphatic imine (C=N–C) groups is 1. The van der Waals surface area contributed by atoms with Gasteiger partial charge in [-0.3, -0.25) is 5.32 Å². The molecule has 0 aromatic heterocycles. The molecule has 0 heterocycles. The highest BCUT2D eigenvalue weighted by atomic mass is 32.2. The van der Waals surface area contributed by atoms with Crippen LogP contribution in [0.15, 0.2) is 29.3 Å². The van der Waals surface area contributed by atoms with Crippen molar-refractivity contribution in [2.75, 3.05) is 6.26 Å². The Morgan fingerprint density at radius 3 is 2.47 bits per heavy atom. The van der Waals surface area contributed by atoms with Gasteiger partial charge in [0.2, 0.25) is 0 Å². The zero-order valence-electron chi connectivity index (χ0n) is 11.5. The molecule has 0 fully saturated rings. The number of nitrogens with zero attached hydrogens (tertiary/aromatic N) is 2. The molecule has 0 aliphatic rings. The van der Waals surface area contributed by atoms with Crippen molar-refractivity contribution in [3.8, 4) is 11.9 Å². The summed E-state index contributed by atoms with van der Waals surface area (Å²) in [5, 5.41) is 11.7. The fraction of sp³-hybridized carbons (Fsp3) is 0.429. The Morgan fingerprint density at radius 2 is 2.00 bits per heavy atom. The third-order valence-corrected chi connectivity index (χ3v) is 3.22. The fourth-order valence-electron chi connectivity index (χ4n) is 1.54. The summed E-state index contributed by atoms with van der Waals surface area (Å²) < 4.78 is 5.82. The number of rotatable bonds is 5. The van der Waals surface area contributed by atoms with Crippen LogP contribution >= 0.6 is 11.8 Å². The first-order chi connectivity index (χ1) is 9.23. The molecule has 0 aliphatic heterocycles. The van der Waals surface area contributed by atoms with Crippen LogP contribution in [0.25, 0.3) is 0 Å². The summed E-state index contributed by atoms with van der Waals surface area (Å²) in [6, 6.07) is 7.57. The molecular formula is C14H19N3OS. The number of nitrogens with one attached hydrogen (secondary N) is 1. The van der Waals surface area contributed by atoms with Gasteiger partial charge in [0.25, 0.3) is 0 Å². The molecule has 0 atom stereocenters. The van der Waals surface area contributed by atoms with Crippen molar-refractivity contribution in [1.29, 1.82) is 5.26 Å². The van der Waals surface area contributed by atoms with Gasteiger partial charge >= 0.3 is 0 Å². The minimum absolute atomic E-state index is 0.261. The van der Waals surface area contributed by atoms with E-state index in [1.165, 1.54) is 11.8 Å². The number of benzene rings is 1. The van der Waals surface area contributed by atoms with Gasteiger partial charge in [0.05, 0.1) is 11.8 Å². The SMILES string of the molecule is CCC(CC)Oc1ccc(N=C(NC#N)SC)cc1. The van der Waals surface area contributed by atoms with E-state index in [0.29, 0.717) is 5.17 Å². The Bertz CT molecular complexity index is 447. The highest BCUT2D eigenvalue weighted by molar-refractivity contribution is 8.13. The molecule has 0 saturated heterocycles. The Morgan fingerprint density at radius 1 is 1.37 bits per heavy atom. The molecule has 1 aromatic carbocycles. The lowest BCUT2D eigenvalue weighted by Crippen LogP contribution is -2.13. The molecule has 0 bridgehead atoms. The van der Waals surface area contributed by atoms with Crippen LogP contribution in [0.3, 0.4) is 0 Å². The second-order valence-corrected chi connectivity index (χ2v) is 4.70. The van der Waals surface area contributed by atoms with E-state index in [-0.39, 0.29) is 6.10 Å². The normalized spacial score (nSPS) is 11.2. The van der Waals surface area contributed by atoms with Crippen molar-refractivity contribution in [3.63, 3.8) is 0 Å². The van der Waals surface area contributed by atoms with Crippen LogP contribution in [0.2, 0.25) is 0 Å². The van der Waals surface area contributed by atoms with Crippen LogP contribution < -0.4 is 10.1 Å². The number of ether oxygens (including phenoxy) is 1. The van der Waals surface area contributed by atoms with Crippen molar-refractivity contribution in [3.05, 3.63) is 24.3 Å². The zero-order chi connectivity index (χ0) is 14.1. The van der Waals surface area contributed by atoms with E-state index in [9.17, 15) is 0 Å². The molecule has 0 spiro atoms. The van der Waals surface area contributed by atoms with Gasteiger partial charge < -0.3 is 4.74 Å². The van der Waals surface area contributed by atoms with Crippen molar-refractivity contribution < 1.29 is 4.74 Å². The molecule has 1 N–H and O–H groups in total. The van der Waals surface area contributed by atoms with E-state index >= 15 is 0 Å². The van der Waals surface area contributed by atoms with Gasteiger partial charge in [0.1, 0.15) is 5.75 Å². The van der Waals surface area contributed by atoms with Crippen molar-refractivity contribution >= 4 is 22.6 Å². The van der Waals surface area contributed by atoms with Crippen LogP contribution in [0, 0.1) is 11.5 Å². The third kappa shape index (κ3) is 5.23. The molecule has 19 heavy (non-hydrogen) atoms. The Hall–Kier alpha value is -1.67. The summed E-state index contributed by atoms with van der Waals surface area (Å²) in [6.45, 7) is 4.23. The molecule has 0 unspecified atom stereocenters. The molecule has 5 heteroatoms. The van der Waals surface area contributed by atoms with Gasteiger partial charge in [-0.25, -0.2) is 4.99 Å². The summed E-state index contributed by atoms with van der Waals surface area (Å²) in [5.74, 6) is 0.853. The summed E-state index contributed by atoms with van der Waals surface area (Å²) >= 11 is 1.40. The van der Waals surface area contributed by atoms with E-state index in [0.717, 1.165) is 24.3 Å². The fourth-order valence-corrected chi connectivity index (χ4v) is 1.88. The van der Waals surface area contributed by atoms with Gasteiger partial charge in [-0.05, 0) is 43.4 Å². The summed E-state index contributed by atoms with van der Waals surface area (Å²) in [6.07, 6.45) is 5.99. The molecular weight excluding hydrogens is 258 g/mol. The van der Waals surface area contributed by atoms with E-state index in [4.69, 9.17) is 10.00 Å². The van der Waals surface area contributed by atoms with E-state index < -0.39 is 0 Å². The van der Waals surface area contributed by atoms with Crippen LogP contribution in [0.4, 0.5) is 5.69 Å². The maximum atomic E-state index is 8.57. The third-order valence-electron chi connectivity index (χ3n) is 2.64. The van der Waals surface area contributed by atoms with E-state index in [1.54, 1.807) is 0 Å². The second-order valence-electron chi connectivity index (χ2n) is 3.91. The highest BCUT2D eigenvalue weighted by Gasteiger charge is 2.05. The maximum absolute atomic E-state index is 8.57. The first kappa shape index (κ1) is 15.4. The predicted molar refractivity (Wildman–Crippen MR) is 80.8 cm³/mol. The predicted octanol–water partition coefficient (Wildman–Crippen LogP) is 3.68. The average Bonchev–Trinajstić information content (AvgIpc) is 2.45. The highest BCUT2D eigenvalue weighted by Crippen LogP contribution is 2.21.